The quantitative estimate of drug-likeness (QED) is 0.558. The number of amides is 1. The molecule has 0 aliphatic heterocycles. The average molecular weight is 420 g/mol. The molecule has 7 heteroatoms. The summed E-state index contributed by atoms with van der Waals surface area (Å²) in [6, 6.07) is 15.3. The predicted molar refractivity (Wildman–Crippen MR) is 114 cm³/mol. The zero-order valence-electron chi connectivity index (χ0n) is 15.5. The molecule has 0 saturated carbocycles. The van der Waals surface area contributed by atoms with Crippen LogP contribution in [0.2, 0.25) is 5.02 Å². The fraction of sp³-hybridized carbons (Fsp3) is 0.238. The molecule has 2 aromatic carbocycles. The van der Waals surface area contributed by atoms with E-state index in [-0.39, 0.29) is 24.4 Å². The third-order valence-electron chi connectivity index (χ3n) is 4.13. The fourth-order valence-corrected chi connectivity index (χ4v) is 2.96. The summed E-state index contributed by atoms with van der Waals surface area (Å²) < 4.78 is 8.27. The van der Waals surface area contributed by atoms with Gasteiger partial charge in [0.15, 0.2) is 0 Å². The minimum atomic E-state index is -0.127. The topological polar surface area (TPSA) is 56.1 Å². The van der Waals surface area contributed by atoms with Gasteiger partial charge in [0.05, 0.1) is 18.6 Å². The fourth-order valence-electron chi connectivity index (χ4n) is 2.84. The van der Waals surface area contributed by atoms with Crippen molar-refractivity contribution < 1.29 is 9.53 Å². The van der Waals surface area contributed by atoms with Gasteiger partial charge in [0.25, 0.3) is 0 Å². The van der Waals surface area contributed by atoms with Crippen LogP contribution >= 0.6 is 24.0 Å². The van der Waals surface area contributed by atoms with Gasteiger partial charge in [0.1, 0.15) is 11.9 Å². The Labute approximate surface area is 176 Å². The molecule has 0 aliphatic rings. The number of nitrogens with one attached hydrogen (secondary N) is 1. The number of halogens is 2. The van der Waals surface area contributed by atoms with Gasteiger partial charge in [-0.15, -0.1) is 12.4 Å². The number of rotatable bonds is 8. The summed E-state index contributed by atoms with van der Waals surface area (Å²) in [5.74, 6) is 0.535. The van der Waals surface area contributed by atoms with Crippen LogP contribution in [-0.4, -0.2) is 21.6 Å². The SMILES string of the molecule is CC(=O)Nc1ccccc1OC(CCc1ccc(Cl)cc1)Cn1ccnc1.Cl. The first kappa shape index (κ1) is 21.8. The van der Waals surface area contributed by atoms with Crippen LogP contribution in [0.25, 0.3) is 0 Å². The number of anilines is 1. The molecular formula is C21H23Cl2N3O2. The van der Waals surface area contributed by atoms with Crippen LogP contribution in [0.3, 0.4) is 0 Å². The summed E-state index contributed by atoms with van der Waals surface area (Å²) in [5.41, 5.74) is 1.88. The van der Waals surface area contributed by atoms with Gasteiger partial charge in [-0.25, -0.2) is 4.98 Å². The van der Waals surface area contributed by atoms with Crippen molar-refractivity contribution in [2.75, 3.05) is 5.32 Å². The number of hydrogen-bond acceptors (Lipinski definition) is 3. The summed E-state index contributed by atoms with van der Waals surface area (Å²) in [6.07, 6.45) is 7.04. The first-order chi connectivity index (χ1) is 13.1. The van der Waals surface area contributed by atoms with E-state index < -0.39 is 0 Å². The standard InChI is InChI=1S/C21H22ClN3O2.ClH/c1-16(26)24-20-4-2-3-5-21(20)27-19(14-25-13-12-23-15-25)11-8-17-6-9-18(22)10-7-17;/h2-7,9-10,12-13,15,19H,8,11,14H2,1H3,(H,24,26);1H. The molecule has 5 nitrogen and oxygen atoms in total. The van der Waals surface area contributed by atoms with Crippen LogP contribution in [-0.2, 0) is 17.8 Å². The highest BCUT2D eigenvalue weighted by molar-refractivity contribution is 6.30. The number of carbonyl (C=O) groups excluding carboxylic acids is 1. The van der Waals surface area contributed by atoms with E-state index in [1.54, 1.807) is 12.5 Å². The third kappa shape index (κ3) is 6.59. The minimum absolute atomic E-state index is 0. The molecule has 0 fully saturated rings. The van der Waals surface area contributed by atoms with E-state index in [2.05, 4.69) is 10.3 Å². The van der Waals surface area contributed by atoms with E-state index in [0.29, 0.717) is 18.0 Å². The Balaban J connectivity index is 0.00000280. The van der Waals surface area contributed by atoms with Crippen molar-refractivity contribution in [2.24, 2.45) is 0 Å². The Morgan fingerprint density at radius 1 is 1.21 bits per heavy atom. The van der Waals surface area contributed by atoms with Crippen molar-refractivity contribution in [2.45, 2.75) is 32.4 Å². The van der Waals surface area contributed by atoms with Crippen molar-refractivity contribution in [3.05, 3.63) is 77.8 Å². The number of imidazole rings is 1. The molecule has 0 radical (unpaired) electrons. The molecule has 3 aromatic rings. The number of benzene rings is 2. The summed E-state index contributed by atoms with van der Waals surface area (Å²) >= 11 is 5.97. The number of para-hydroxylation sites is 2. The maximum Gasteiger partial charge on any atom is 0.221 e. The lowest BCUT2D eigenvalue weighted by atomic mass is 10.1. The molecule has 1 heterocycles. The van der Waals surface area contributed by atoms with Crippen LogP contribution in [0.4, 0.5) is 5.69 Å². The molecule has 0 spiro atoms. The molecule has 0 saturated heterocycles. The molecule has 1 N–H and O–H groups in total. The van der Waals surface area contributed by atoms with E-state index in [1.165, 1.54) is 12.5 Å². The summed E-state index contributed by atoms with van der Waals surface area (Å²) in [6.45, 7) is 2.16. The smallest absolute Gasteiger partial charge is 0.221 e. The van der Waals surface area contributed by atoms with Crippen molar-refractivity contribution in [3.8, 4) is 5.75 Å². The average Bonchev–Trinajstić information content (AvgIpc) is 3.15. The molecule has 1 unspecified atom stereocenters. The van der Waals surface area contributed by atoms with E-state index in [4.69, 9.17) is 16.3 Å². The third-order valence-corrected chi connectivity index (χ3v) is 4.39. The number of aromatic nitrogens is 2. The minimum Gasteiger partial charge on any atom is -0.486 e. The van der Waals surface area contributed by atoms with E-state index >= 15 is 0 Å². The monoisotopic (exact) mass is 419 g/mol. The van der Waals surface area contributed by atoms with Crippen LogP contribution < -0.4 is 10.1 Å². The second-order valence-electron chi connectivity index (χ2n) is 6.34. The van der Waals surface area contributed by atoms with Gasteiger partial charge in [0.2, 0.25) is 5.91 Å². The number of ether oxygens (including phenoxy) is 1. The Kier molecular flexibility index (Phi) is 8.36. The van der Waals surface area contributed by atoms with Crippen LogP contribution in [0.5, 0.6) is 5.75 Å². The lowest BCUT2D eigenvalue weighted by Crippen LogP contribution is -2.24. The first-order valence-corrected chi connectivity index (χ1v) is 9.21. The molecule has 0 aliphatic carbocycles. The van der Waals surface area contributed by atoms with Crippen molar-refractivity contribution in [1.82, 2.24) is 9.55 Å². The Bertz CT molecular complexity index is 868. The van der Waals surface area contributed by atoms with Gasteiger partial charge in [0, 0.05) is 24.3 Å². The largest absolute Gasteiger partial charge is 0.486 e. The molecule has 1 atom stereocenters. The molecule has 1 amide bonds. The van der Waals surface area contributed by atoms with Crippen LogP contribution in [0.1, 0.15) is 18.9 Å². The molecule has 28 heavy (non-hydrogen) atoms. The number of hydrogen-bond donors (Lipinski definition) is 1. The van der Waals surface area contributed by atoms with Crippen molar-refractivity contribution in [1.29, 1.82) is 0 Å². The van der Waals surface area contributed by atoms with Crippen LogP contribution in [0, 0.1) is 0 Å². The second-order valence-corrected chi connectivity index (χ2v) is 6.78. The zero-order valence-corrected chi connectivity index (χ0v) is 17.1. The van der Waals surface area contributed by atoms with Gasteiger partial charge in [-0.2, -0.15) is 0 Å². The molecule has 3 rings (SSSR count). The van der Waals surface area contributed by atoms with Gasteiger partial charge < -0.3 is 14.6 Å². The number of nitrogens with zero attached hydrogens (tertiary/aromatic N) is 2. The number of aryl methyl sites for hydroxylation is 1. The van der Waals surface area contributed by atoms with Gasteiger partial charge >= 0.3 is 0 Å². The lowest BCUT2D eigenvalue weighted by molar-refractivity contribution is -0.114. The lowest BCUT2D eigenvalue weighted by Gasteiger charge is -2.21. The Morgan fingerprint density at radius 2 is 1.96 bits per heavy atom. The highest BCUT2D eigenvalue weighted by Crippen LogP contribution is 2.26. The molecule has 148 valence electrons. The number of carbonyl (C=O) groups is 1. The van der Waals surface area contributed by atoms with Gasteiger partial charge in [-0.1, -0.05) is 35.9 Å². The van der Waals surface area contributed by atoms with Gasteiger partial charge in [-0.3, -0.25) is 4.79 Å². The van der Waals surface area contributed by atoms with Crippen molar-refractivity contribution in [3.63, 3.8) is 0 Å². The summed E-state index contributed by atoms with van der Waals surface area (Å²) in [4.78, 5) is 15.6. The maximum absolute atomic E-state index is 11.5. The highest BCUT2D eigenvalue weighted by atomic mass is 35.5. The van der Waals surface area contributed by atoms with Crippen LogP contribution in [0.15, 0.2) is 67.3 Å². The first-order valence-electron chi connectivity index (χ1n) is 8.83. The van der Waals surface area contributed by atoms with E-state index in [0.717, 1.165) is 17.9 Å². The maximum atomic E-state index is 11.5. The Hall–Kier alpha value is -2.50. The van der Waals surface area contributed by atoms with E-state index in [9.17, 15) is 4.79 Å². The highest BCUT2D eigenvalue weighted by Gasteiger charge is 2.15. The zero-order chi connectivity index (χ0) is 19.1. The van der Waals surface area contributed by atoms with E-state index in [1.807, 2.05) is 59.3 Å². The Morgan fingerprint density at radius 3 is 2.64 bits per heavy atom. The summed E-state index contributed by atoms with van der Waals surface area (Å²) in [7, 11) is 0. The molecule has 0 bridgehead atoms. The molecule has 1 aromatic heterocycles. The second kappa shape index (κ2) is 10.7. The molecular weight excluding hydrogens is 397 g/mol. The predicted octanol–water partition coefficient (Wildman–Crippen LogP) is 5.00. The van der Waals surface area contributed by atoms with Crippen molar-refractivity contribution >= 4 is 35.6 Å². The van der Waals surface area contributed by atoms with Gasteiger partial charge in [-0.05, 0) is 42.7 Å². The normalized spacial score (nSPS) is 11.4. The summed E-state index contributed by atoms with van der Waals surface area (Å²) in [5, 5.41) is 3.55.